The number of ether oxygens (including phenoxy) is 1. The van der Waals surface area contributed by atoms with Gasteiger partial charge < -0.3 is 20.3 Å². The van der Waals surface area contributed by atoms with E-state index in [2.05, 4.69) is 10.6 Å². The number of likely N-dealkylation sites (tertiary alicyclic amines) is 1. The summed E-state index contributed by atoms with van der Waals surface area (Å²) in [5, 5.41) is 6.10. The maximum Gasteiger partial charge on any atom is 0.227 e. The smallest absolute Gasteiger partial charge is 0.227 e. The summed E-state index contributed by atoms with van der Waals surface area (Å²) in [6.45, 7) is 3.23. The molecule has 3 rings (SSSR count). The first-order valence-corrected chi connectivity index (χ1v) is 8.77. The molecule has 6 nitrogen and oxygen atoms in total. The van der Waals surface area contributed by atoms with E-state index < -0.39 is 0 Å². The van der Waals surface area contributed by atoms with Crippen LogP contribution in [0.1, 0.15) is 19.3 Å². The quantitative estimate of drug-likeness (QED) is 0.862. The van der Waals surface area contributed by atoms with Gasteiger partial charge in [0.1, 0.15) is 5.82 Å². The summed E-state index contributed by atoms with van der Waals surface area (Å²) in [4.78, 5) is 26.5. The molecular formula is C18H24FN3O3. The normalized spacial score (nSPS) is 21.8. The van der Waals surface area contributed by atoms with Crippen LogP contribution in [0.25, 0.3) is 0 Å². The Morgan fingerprint density at radius 1 is 1.24 bits per heavy atom. The maximum atomic E-state index is 12.9. The molecule has 2 N–H and O–H groups in total. The van der Waals surface area contributed by atoms with Crippen LogP contribution in [0.2, 0.25) is 0 Å². The molecule has 0 saturated carbocycles. The minimum atomic E-state index is -0.331. The van der Waals surface area contributed by atoms with E-state index >= 15 is 0 Å². The van der Waals surface area contributed by atoms with Crippen LogP contribution in [-0.4, -0.2) is 55.6 Å². The van der Waals surface area contributed by atoms with Crippen LogP contribution in [0.5, 0.6) is 0 Å². The third kappa shape index (κ3) is 4.99. The minimum absolute atomic E-state index is 0.0685. The number of halogens is 1. The van der Waals surface area contributed by atoms with Crippen LogP contribution in [0.15, 0.2) is 24.3 Å². The highest BCUT2D eigenvalue weighted by Crippen LogP contribution is 2.20. The van der Waals surface area contributed by atoms with Crippen LogP contribution in [0.3, 0.4) is 0 Å². The number of piperidine rings is 1. The molecule has 0 radical (unpaired) electrons. The van der Waals surface area contributed by atoms with E-state index in [1.54, 1.807) is 12.1 Å². The molecule has 2 aliphatic rings. The summed E-state index contributed by atoms with van der Waals surface area (Å²) in [6, 6.07) is 5.82. The molecule has 1 unspecified atom stereocenters. The van der Waals surface area contributed by atoms with Crippen molar-refractivity contribution in [3.8, 4) is 0 Å². The van der Waals surface area contributed by atoms with E-state index in [9.17, 15) is 14.0 Å². The highest BCUT2D eigenvalue weighted by molar-refractivity contribution is 5.92. The molecule has 0 spiro atoms. The summed E-state index contributed by atoms with van der Waals surface area (Å²) < 4.78 is 18.3. The van der Waals surface area contributed by atoms with Gasteiger partial charge in [-0.05, 0) is 37.1 Å². The maximum absolute atomic E-state index is 12.9. The first-order valence-electron chi connectivity index (χ1n) is 8.77. The Morgan fingerprint density at radius 2 is 1.96 bits per heavy atom. The topological polar surface area (TPSA) is 70.7 Å². The van der Waals surface area contributed by atoms with Crippen molar-refractivity contribution in [1.82, 2.24) is 10.2 Å². The Kier molecular flexibility index (Phi) is 5.99. The average Bonchev–Trinajstić information content (AvgIpc) is 2.64. The number of carbonyl (C=O) groups is 2. The van der Waals surface area contributed by atoms with Crippen molar-refractivity contribution in [2.24, 2.45) is 5.92 Å². The fourth-order valence-corrected chi connectivity index (χ4v) is 3.26. The molecule has 1 atom stereocenters. The number of benzene rings is 1. The zero-order valence-electron chi connectivity index (χ0n) is 14.2. The van der Waals surface area contributed by atoms with Gasteiger partial charge in [0.05, 0.1) is 13.2 Å². The predicted octanol–water partition coefficient (Wildman–Crippen LogP) is 1.38. The summed E-state index contributed by atoms with van der Waals surface area (Å²) in [5.41, 5.74) is 0.591. The Bertz CT molecular complexity index is 594. The van der Waals surface area contributed by atoms with Gasteiger partial charge in [-0.25, -0.2) is 4.39 Å². The summed E-state index contributed by atoms with van der Waals surface area (Å²) in [6.07, 6.45) is 1.73. The molecule has 1 aromatic carbocycles. The van der Waals surface area contributed by atoms with Crippen LogP contribution < -0.4 is 10.6 Å². The third-order valence-corrected chi connectivity index (χ3v) is 4.75. The molecule has 2 fully saturated rings. The van der Waals surface area contributed by atoms with Gasteiger partial charge in [0, 0.05) is 43.7 Å². The van der Waals surface area contributed by atoms with Gasteiger partial charge in [0.15, 0.2) is 0 Å². The Morgan fingerprint density at radius 3 is 2.60 bits per heavy atom. The number of hydrogen-bond acceptors (Lipinski definition) is 4. The summed E-state index contributed by atoms with van der Waals surface area (Å²) in [5.74, 6) is -0.408. The third-order valence-electron chi connectivity index (χ3n) is 4.75. The first kappa shape index (κ1) is 17.8. The average molecular weight is 349 g/mol. The van der Waals surface area contributed by atoms with Crippen molar-refractivity contribution >= 4 is 17.5 Å². The summed E-state index contributed by atoms with van der Waals surface area (Å²) in [7, 11) is 0. The second-order valence-corrected chi connectivity index (χ2v) is 6.58. The highest BCUT2D eigenvalue weighted by Gasteiger charge is 2.28. The molecule has 0 aliphatic carbocycles. The lowest BCUT2D eigenvalue weighted by Crippen LogP contribution is -2.47. The number of nitrogens with zero attached hydrogens (tertiary/aromatic N) is 1. The standard InChI is InChI=1S/C18H24FN3O3/c19-14-1-3-15(4-2-14)21-18(24)13-5-8-22(9-6-13)17(23)11-16-12-25-10-7-20-16/h1-4,13,16,20H,5-12H2,(H,21,24). The van der Waals surface area contributed by atoms with Crippen LogP contribution in [-0.2, 0) is 14.3 Å². The van der Waals surface area contributed by atoms with Crippen LogP contribution in [0, 0.1) is 11.7 Å². The molecule has 2 aliphatic heterocycles. The monoisotopic (exact) mass is 349 g/mol. The van der Waals surface area contributed by atoms with Gasteiger partial charge in [-0.3, -0.25) is 9.59 Å². The van der Waals surface area contributed by atoms with Crippen molar-refractivity contribution < 1.29 is 18.7 Å². The van der Waals surface area contributed by atoms with Crippen LogP contribution in [0.4, 0.5) is 10.1 Å². The fourth-order valence-electron chi connectivity index (χ4n) is 3.26. The van der Waals surface area contributed by atoms with Crippen molar-refractivity contribution in [2.45, 2.75) is 25.3 Å². The zero-order chi connectivity index (χ0) is 17.6. The first-order chi connectivity index (χ1) is 12.1. The van der Waals surface area contributed by atoms with Crippen molar-refractivity contribution in [3.63, 3.8) is 0 Å². The van der Waals surface area contributed by atoms with E-state index in [1.165, 1.54) is 12.1 Å². The lowest BCUT2D eigenvalue weighted by atomic mass is 9.95. The van der Waals surface area contributed by atoms with Gasteiger partial charge in [-0.15, -0.1) is 0 Å². The van der Waals surface area contributed by atoms with Gasteiger partial charge in [-0.1, -0.05) is 0 Å². The molecule has 1 aromatic rings. The number of carbonyl (C=O) groups excluding carboxylic acids is 2. The second-order valence-electron chi connectivity index (χ2n) is 6.58. The Labute approximate surface area is 146 Å². The molecule has 136 valence electrons. The van der Waals surface area contributed by atoms with E-state index in [0.29, 0.717) is 51.3 Å². The lowest BCUT2D eigenvalue weighted by Gasteiger charge is -2.33. The van der Waals surface area contributed by atoms with Crippen molar-refractivity contribution in [3.05, 3.63) is 30.1 Å². The highest BCUT2D eigenvalue weighted by atomic mass is 19.1. The Hall–Kier alpha value is -1.99. The van der Waals surface area contributed by atoms with E-state index in [4.69, 9.17) is 4.74 Å². The number of amides is 2. The van der Waals surface area contributed by atoms with E-state index in [1.807, 2.05) is 4.90 Å². The molecule has 2 heterocycles. The SMILES string of the molecule is O=C(Nc1ccc(F)cc1)C1CCN(C(=O)CC2COCCN2)CC1. The van der Waals surface area contributed by atoms with E-state index in [0.717, 1.165) is 6.54 Å². The van der Waals surface area contributed by atoms with Crippen molar-refractivity contribution in [1.29, 1.82) is 0 Å². The Balaban J connectivity index is 1.43. The molecule has 2 saturated heterocycles. The van der Waals surface area contributed by atoms with Crippen molar-refractivity contribution in [2.75, 3.05) is 38.2 Å². The number of hydrogen-bond donors (Lipinski definition) is 2. The zero-order valence-corrected chi connectivity index (χ0v) is 14.2. The number of rotatable bonds is 4. The largest absolute Gasteiger partial charge is 0.378 e. The molecule has 7 heteroatoms. The van der Waals surface area contributed by atoms with Gasteiger partial charge in [0.2, 0.25) is 11.8 Å². The molecule has 2 amide bonds. The predicted molar refractivity (Wildman–Crippen MR) is 91.6 cm³/mol. The molecular weight excluding hydrogens is 325 g/mol. The second kappa shape index (κ2) is 8.40. The number of morpholine rings is 1. The molecule has 0 aromatic heterocycles. The lowest BCUT2D eigenvalue weighted by molar-refractivity contribution is -0.135. The minimum Gasteiger partial charge on any atom is -0.378 e. The number of nitrogens with one attached hydrogen (secondary N) is 2. The molecule has 0 bridgehead atoms. The summed E-state index contributed by atoms with van der Waals surface area (Å²) >= 11 is 0. The van der Waals surface area contributed by atoms with Gasteiger partial charge in [0.25, 0.3) is 0 Å². The number of anilines is 1. The van der Waals surface area contributed by atoms with Gasteiger partial charge in [-0.2, -0.15) is 0 Å². The van der Waals surface area contributed by atoms with Crippen LogP contribution >= 0.6 is 0 Å². The van der Waals surface area contributed by atoms with Gasteiger partial charge >= 0.3 is 0 Å². The molecule has 25 heavy (non-hydrogen) atoms. The fraction of sp³-hybridized carbons (Fsp3) is 0.556. The van der Waals surface area contributed by atoms with E-state index in [-0.39, 0.29) is 29.6 Å².